The lowest BCUT2D eigenvalue weighted by molar-refractivity contribution is -0.0484. The van der Waals surface area contributed by atoms with Crippen LogP contribution < -0.4 is 15.6 Å². The zero-order chi connectivity index (χ0) is 24.5. The van der Waals surface area contributed by atoms with E-state index in [1.807, 2.05) is 13.0 Å². The van der Waals surface area contributed by atoms with E-state index in [-0.39, 0.29) is 24.0 Å². The molecule has 0 saturated carbocycles. The Kier molecular flexibility index (Phi) is 6.23. The molecule has 3 heterocycles. The van der Waals surface area contributed by atoms with Gasteiger partial charge in [-0.2, -0.15) is 0 Å². The highest BCUT2D eigenvalue weighted by atomic mass is 19.3. The molecule has 178 valence electrons. The number of ether oxygens (including phenoxy) is 2. The predicted molar refractivity (Wildman–Crippen MR) is 119 cm³/mol. The summed E-state index contributed by atoms with van der Waals surface area (Å²) >= 11 is 0. The first-order valence-electron chi connectivity index (χ1n) is 10.7. The van der Waals surface area contributed by atoms with Crippen molar-refractivity contribution in [3.05, 3.63) is 82.6 Å². The highest BCUT2D eigenvalue weighted by Crippen LogP contribution is 2.29. The number of pyridine rings is 1. The van der Waals surface area contributed by atoms with Gasteiger partial charge in [0.2, 0.25) is 5.88 Å². The molecule has 1 aromatic heterocycles. The Morgan fingerprint density at radius 1 is 1.24 bits per heavy atom. The molecule has 10 heteroatoms. The lowest BCUT2D eigenvalue weighted by Crippen LogP contribution is -2.45. The summed E-state index contributed by atoms with van der Waals surface area (Å²) in [5.41, 5.74) is 7.87. The highest BCUT2D eigenvalue weighted by molar-refractivity contribution is 6.02. The van der Waals surface area contributed by atoms with Crippen molar-refractivity contribution in [1.29, 1.82) is 0 Å². The van der Waals surface area contributed by atoms with Crippen molar-refractivity contribution < 1.29 is 27.8 Å². The normalized spacial score (nSPS) is 16.3. The molecule has 2 N–H and O–H groups in total. The number of nitrogens with zero attached hydrogens (tertiary/aromatic N) is 2. The van der Waals surface area contributed by atoms with Gasteiger partial charge in [0.15, 0.2) is 12.3 Å². The van der Waals surface area contributed by atoms with Crippen LogP contribution in [0.15, 0.2) is 65.8 Å². The highest BCUT2D eigenvalue weighted by Gasteiger charge is 2.36. The summed E-state index contributed by atoms with van der Waals surface area (Å²) in [6, 6.07) is 9.77. The van der Waals surface area contributed by atoms with Gasteiger partial charge < -0.3 is 19.8 Å². The smallest absolute Gasteiger partial charge is 0.362 e. The molecule has 0 spiro atoms. The first-order chi connectivity index (χ1) is 16.1. The average molecular weight is 470 g/mol. The van der Waals surface area contributed by atoms with Gasteiger partial charge in [0.05, 0.1) is 11.7 Å². The third-order valence-electron chi connectivity index (χ3n) is 5.46. The molecule has 4 rings (SSSR count). The average Bonchev–Trinajstić information content (AvgIpc) is 3.14. The summed E-state index contributed by atoms with van der Waals surface area (Å²) in [4.78, 5) is 31.6. The maximum Gasteiger partial charge on any atom is 0.362 e. The summed E-state index contributed by atoms with van der Waals surface area (Å²) in [5.74, 6) is -3.30. The fourth-order valence-corrected chi connectivity index (χ4v) is 3.69. The number of carbonyl (C=O) groups is 2. The fraction of sp³-hybridized carbons (Fsp3) is 0.292. The summed E-state index contributed by atoms with van der Waals surface area (Å²) < 4.78 is 36.8. The number of esters is 1. The van der Waals surface area contributed by atoms with Gasteiger partial charge in [-0.05, 0) is 38.1 Å². The second-order valence-corrected chi connectivity index (χ2v) is 8.22. The van der Waals surface area contributed by atoms with Crippen molar-refractivity contribution in [3.8, 4) is 5.75 Å². The minimum Gasteiger partial charge on any atom is -0.471 e. The molecule has 0 saturated heterocycles. The van der Waals surface area contributed by atoms with Crippen LogP contribution in [-0.4, -0.2) is 40.3 Å². The third-order valence-corrected chi connectivity index (χ3v) is 5.46. The maximum atomic E-state index is 13.1. The zero-order valence-corrected chi connectivity index (χ0v) is 18.9. The Hall–Kier alpha value is -3.95. The zero-order valence-electron chi connectivity index (χ0n) is 18.9. The van der Waals surface area contributed by atoms with E-state index < -0.39 is 24.5 Å². The Morgan fingerprint density at radius 2 is 1.97 bits per heavy atom. The van der Waals surface area contributed by atoms with E-state index in [9.17, 15) is 18.4 Å². The quantitative estimate of drug-likeness (QED) is 0.472. The van der Waals surface area contributed by atoms with Crippen molar-refractivity contribution >= 4 is 11.9 Å². The first-order valence-corrected chi connectivity index (χ1v) is 10.7. The van der Waals surface area contributed by atoms with Gasteiger partial charge in [0.25, 0.3) is 11.8 Å². The van der Waals surface area contributed by atoms with Gasteiger partial charge in [-0.25, -0.2) is 18.6 Å². The molecule has 1 aromatic carbocycles. The number of allylic oxidation sites excluding steroid dienone is 2. The number of fused-ring (bicyclic) bond motifs is 1. The number of hydrogen-bond acceptors (Lipinski definition) is 7. The number of alkyl halides is 2. The number of halogens is 2. The standard InChI is InChI=1S/C24H24F2N4O4/c1-14-11-19(28-29-21(14)33-13-24(3,25)26)15(2)30-12-18-17(22(30)31)9-10-27-20(18)23(32)34-16-7-5-4-6-8-16/h4-11,15,28-29H,12-13H2,1-3H3. The van der Waals surface area contributed by atoms with Crippen molar-refractivity contribution in [2.75, 3.05) is 6.61 Å². The van der Waals surface area contributed by atoms with Crippen LogP contribution in [0.5, 0.6) is 5.75 Å². The predicted octanol–water partition coefficient (Wildman–Crippen LogP) is 3.54. The lowest BCUT2D eigenvalue weighted by atomic mass is 10.1. The molecule has 0 bridgehead atoms. The van der Waals surface area contributed by atoms with Gasteiger partial charge in [-0.3, -0.25) is 10.2 Å². The number of rotatable bonds is 7. The molecule has 8 nitrogen and oxygen atoms in total. The van der Waals surface area contributed by atoms with Crippen molar-refractivity contribution in [2.45, 2.75) is 39.3 Å². The molecule has 0 fully saturated rings. The number of para-hydroxylation sites is 1. The molecule has 2 aliphatic heterocycles. The van der Waals surface area contributed by atoms with Crippen LogP contribution in [0.1, 0.15) is 47.2 Å². The lowest BCUT2D eigenvalue weighted by Gasteiger charge is -2.31. The monoisotopic (exact) mass is 470 g/mol. The summed E-state index contributed by atoms with van der Waals surface area (Å²) in [6.07, 6.45) is 3.13. The van der Waals surface area contributed by atoms with Gasteiger partial charge in [-0.15, -0.1) is 0 Å². The number of hydrogen-bond donors (Lipinski definition) is 2. The summed E-state index contributed by atoms with van der Waals surface area (Å²) in [5, 5.41) is 0. The van der Waals surface area contributed by atoms with E-state index in [1.54, 1.807) is 48.2 Å². The van der Waals surface area contributed by atoms with Crippen LogP contribution in [-0.2, 0) is 11.3 Å². The van der Waals surface area contributed by atoms with E-state index in [0.717, 1.165) is 6.92 Å². The van der Waals surface area contributed by atoms with E-state index >= 15 is 0 Å². The number of carbonyl (C=O) groups excluding carboxylic acids is 2. The Bertz CT molecular complexity index is 1180. The van der Waals surface area contributed by atoms with E-state index in [2.05, 4.69) is 15.8 Å². The molecule has 1 unspecified atom stereocenters. The fourth-order valence-electron chi connectivity index (χ4n) is 3.69. The van der Waals surface area contributed by atoms with E-state index in [1.165, 1.54) is 6.20 Å². The molecule has 0 radical (unpaired) electrons. The molecule has 1 amide bonds. The SMILES string of the molecule is CC1=C(OCC(C)(F)F)NNC(C(C)N2Cc3c(ccnc3C(=O)Oc3ccccc3)C2=O)=C1. The second kappa shape index (κ2) is 9.12. The minimum atomic E-state index is -2.96. The molecule has 2 aromatic rings. The van der Waals surface area contributed by atoms with Crippen LogP contribution in [0.3, 0.4) is 0 Å². The van der Waals surface area contributed by atoms with E-state index in [0.29, 0.717) is 28.1 Å². The number of hydrazine groups is 1. The van der Waals surface area contributed by atoms with Crippen LogP contribution in [0.4, 0.5) is 8.78 Å². The topological polar surface area (TPSA) is 92.8 Å². The second-order valence-electron chi connectivity index (χ2n) is 8.22. The number of amides is 1. The van der Waals surface area contributed by atoms with Crippen LogP contribution in [0.2, 0.25) is 0 Å². The number of benzene rings is 1. The summed E-state index contributed by atoms with van der Waals surface area (Å²) in [6.45, 7) is 3.71. The van der Waals surface area contributed by atoms with Gasteiger partial charge in [-0.1, -0.05) is 18.2 Å². The Morgan fingerprint density at radius 3 is 2.65 bits per heavy atom. The van der Waals surface area contributed by atoms with Crippen molar-refractivity contribution in [3.63, 3.8) is 0 Å². The van der Waals surface area contributed by atoms with Gasteiger partial charge in [0.1, 0.15) is 5.75 Å². The third kappa shape index (κ3) is 4.85. The Labute approximate surface area is 195 Å². The molecule has 0 aliphatic carbocycles. The van der Waals surface area contributed by atoms with Crippen molar-refractivity contribution in [1.82, 2.24) is 20.7 Å². The molecular formula is C24H24F2N4O4. The molecular weight excluding hydrogens is 446 g/mol. The first kappa shape index (κ1) is 23.2. The number of aromatic nitrogens is 1. The minimum absolute atomic E-state index is 0.0837. The summed E-state index contributed by atoms with van der Waals surface area (Å²) in [7, 11) is 0. The maximum absolute atomic E-state index is 13.1. The molecule has 34 heavy (non-hydrogen) atoms. The van der Waals surface area contributed by atoms with Crippen molar-refractivity contribution in [2.24, 2.45) is 0 Å². The van der Waals surface area contributed by atoms with Crippen LogP contribution >= 0.6 is 0 Å². The van der Waals surface area contributed by atoms with Crippen LogP contribution in [0.25, 0.3) is 0 Å². The Balaban J connectivity index is 1.51. The molecule has 1 atom stereocenters. The molecule has 2 aliphatic rings. The van der Waals surface area contributed by atoms with E-state index in [4.69, 9.17) is 9.47 Å². The van der Waals surface area contributed by atoms with Crippen LogP contribution in [0, 0.1) is 0 Å². The number of nitrogens with one attached hydrogen (secondary N) is 2. The van der Waals surface area contributed by atoms with Gasteiger partial charge >= 0.3 is 5.97 Å². The largest absolute Gasteiger partial charge is 0.471 e. The van der Waals surface area contributed by atoms with Gasteiger partial charge in [0, 0.05) is 36.4 Å².